The van der Waals surface area contributed by atoms with E-state index in [1.807, 2.05) is 0 Å². The number of rotatable bonds is 3. The summed E-state index contributed by atoms with van der Waals surface area (Å²) in [6, 6.07) is 1.47. The van der Waals surface area contributed by atoms with Crippen molar-refractivity contribution < 1.29 is 19.4 Å². The highest BCUT2D eigenvalue weighted by Crippen LogP contribution is 2.38. The Morgan fingerprint density at radius 3 is 2.53 bits per heavy atom. The van der Waals surface area contributed by atoms with Crippen LogP contribution in [0.1, 0.15) is 31.4 Å². The number of hydrogen-bond donors (Lipinski definition) is 2. The van der Waals surface area contributed by atoms with Crippen LogP contribution in [0, 0.1) is 12.7 Å². The first-order chi connectivity index (χ1) is 7.66. The number of halogens is 2. The molecule has 0 unspecified atom stereocenters. The van der Waals surface area contributed by atoms with E-state index in [4.69, 9.17) is 16.7 Å². The number of benzene rings is 1. The van der Waals surface area contributed by atoms with E-state index >= 15 is 0 Å². The maximum absolute atomic E-state index is 13.9. The number of phenolic OH excluding ortho intramolecular Hbond substituents is 1. The number of carbonyl (C=O) groups is 1. The van der Waals surface area contributed by atoms with Crippen LogP contribution in [0.4, 0.5) is 4.39 Å². The Labute approximate surface area is 104 Å². The summed E-state index contributed by atoms with van der Waals surface area (Å²) in [5, 5.41) is 18.3. The summed E-state index contributed by atoms with van der Waals surface area (Å²) in [4.78, 5) is 10.7. The second-order valence-corrected chi connectivity index (χ2v) is 5.05. The van der Waals surface area contributed by atoms with Gasteiger partial charge in [-0.15, -0.1) is 0 Å². The summed E-state index contributed by atoms with van der Waals surface area (Å²) >= 11 is 5.70. The van der Waals surface area contributed by atoms with Crippen LogP contribution in [-0.2, 0) is 10.2 Å². The van der Waals surface area contributed by atoms with E-state index in [1.54, 1.807) is 20.8 Å². The molecule has 94 valence electrons. The molecule has 0 aliphatic rings. The molecule has 17 heavy (non-hydrogen) atoms. The molecule has 5 heteroatoms. The molecule has 1 rings (SSSR count). The molecule has 0 aliphatic heterocycles. The standard InChI is InChI=1S/C12H14ClFO3/c1-6-4-7(10(14)11(17)9(6)13)12(2,3)5-8(15)16/h4,17H,5H2,1-3H3,(H,15,16). The van der Waals surface area contributed by atoms with Crippen LogP contribution < -0.4 is 0 Å². The third kappa shape index (κ3) is 2.69. The Hall–Kier alpha value is -1.29. The zero-order valence-corrected chi connectivity index (χ0v) is 10.6. The van der Waals surface area contributed by atoms with Crippen molar-refractivity contribution in [1.82, 2.24) is 0 Å². The van der Waals surface area contributed by atoms with E-state index in [9.17, 15) is 14.3 Å². The van der Waals surface area contributed by atoms with Gasteiger partial charge in [0.1, 0.15) is 0 Å². The maximum atomic E-state index is 13.9. The summed E-state index contributed by atoms with van der Waals surface area (Å²) in [6.45, 7) is 4.83. The fraction of sp³-hybridized carbons (Fsp3) is 0.417. The fourth-order valence-electron chi connectivity index (χ4n) is 1.72. The van der Waals surface area contributed by atoms with Gasteiger partial charge in [0.2, 0.25) is 0 Å². The van der Waals surface area contributed by atoms with E-state index in [1.165, 1.54) is 6.07 Å². The van der Waals surface area contributed by atoms with Gasteiger partial charge in [-0.2, -0.15) is 0 Å². The van der Waals surface area contributed by atoms with Crippen molar-refractivity contribution in [3.8, 4) is 5.75 Å². The van der Waals surface area contributed by atoms with Crippen LogP contribution in [0.15, 0.2) is 6.07 Å². The summed E-state index contributed by atoms with van der Waals surface area (Å²) in [5.41, 5.74) is -0.249. The maximum Gasteiger partial charge on any atom is 0.304 e. The number of carboxylic acids is 1. The molecule has 1 aromatic carbocycles. The summed E-state index contributed by atoms with van der Waals surface area (Å²) in [7, 11) is 0. The van der Waals surface area contributed by atoms with E-state index in [0.29, 0.717) is 5.56 Å². The second kappa shape index (κ2) is 4.53. The van der Waals surface area contributed by atoms with Gasteiger partial charge in [0.25, 0.3) is 0 Å². The van der Waals surface area contributed by atoms with Crippen LogP contribution in [0.2, 0.25) is 5.02 Å². The first-order valence-electron chi connectivity index (χ1n) is 5.06. The first-order valence-corrected chi connectivity index (χ1v) is 5.44. The minimum absolute atomic E-state index is 0.0441. The third-order valence-electron chi connectivity index (χ3n) is 2.68. The Balaban J connectivity index is 3.37. The smallest absolute Gasteiger partial charge is 0.304 e. The molecular weight excluding hydrogens is 247 g/mol. The fourth-order valence-corrected chi connectivity index (χ4v) is 1.86. The highest BCUT2D eigenvalue weighted by Gasteiger charge is 2.30. The molecule has 0 radical (unpaired) electrons. The normalized spacial score (nSPS) is 11.6. The van der Waals surface area contributed by atoms with Gasteiger partial charge in [0.15, 0.2) is 11.6 Å². The molecule has 0 saturated carbocycles. The second-order valence-electron chi connectivity index (χ2n) is 4.67. The van der Waals surface area contributed by atoms with Crippen molar-refractivity contribution in [3.63, 3.8) is 0 Å². The van der Waals surface area contributed by atoms with Gasteiger partial charge in [-0.05, 0) is 18.1 Å². The molecular formula is C12H14ClFO3. The molecule has 0 saturated heterocycles. The molecule has 0 fully saturated rings. The van der Waals surface area contributed by atoms with Gasteiger partial charge in [0, 0.05) is 5.41 Å². The number of hydrogen-bond acceptors (Lipinski definition) is 2. The van der Waals surface area contributed by atoms with Gasteiger partial charge in [-0.25, -0.2) is 4.39 Å². The number of aliphatic carboxylic acids is 1. The zero-order chi connectivity index (χ0) is 13.4. The number of phenols is 1. The molecule has 0 amide bonds. The molecule has 0 heterocycles. The molecule has 2 N–H and O–H groups in total. The monoisotopic (exact) mass is 260 g/mol. The predicted octanol–water partition coefficient (Wildman–Crippen LogP) is 3.25. The lowest BCUT2D eigenvalue weighted by Gasteiger charge is -2.25. The van der Waals surface area contributed by atoms with Gasteiger partial charge in [-0.1, -0.05) is 31.5 Å². The highest BCUT2D eigenvalue weighted by molar-refractivity contribution is 6.32. The Bertz CT molecular complexity index is 469. The Morgan fingerprint density at radius 1 is 1.53 bits per heavy atom. The van der Waals surface area contributed by atoms with Gasteiger partial charge >= 0.3 is 5.97 Å². The summed E-state index contributed by atoms with van der Waals surface area (Å²) in [5.74, 6) is -2.51. The zero-order valence-electron chi connectivity index (χ0n) is 9.84. The van der Waals surface area contributed by atoms with Gasteiger partial charge < -0.3 is 10.2 Å². The molecule has 0 spiro atoms. The average Bonchev–Trinajstić information content (AvgIpc) is 2.18. The number of carboxylic acid groups (broad SMARTS) is 1. The Morgan fingerprint density at radius 2 is 2.06 bits per heavy atom. The van der Waals surface area contributed by atoms with Crippen molar-refractivity contribution >= 4 is 17.6 Å². The van der Waals surface area contributed by atoms with Crippen molar-refractivity contribution in [2.45, 2.75) is 32.6 Å². The average molecular weight is 261 g/mol. The molecule has 0 aliphatic carbocycles. The van der Waals surface area contributed by atoms with Crippen molar-refractivity contribution in [2.24, 2.45) is 0 Å². The molecule has 3 nitrogen and oxygen atoms in total. The quantitative estimate of drug-likeness (QED) is 0.877. The van der Waals surface area contributed by atoms with Gasteiger partial charge in [0.05, 0.1) is 11.4 Å². The lowest BCUT2D eigenvalue weighted by Crippen LogP contribution is -2.23. The van der Waals surface area contributed by atoms with E-state index < -0.39 is 23.0 Å². The van der Waals surface area contributed by atoms with Gasteiger partial charge in [-0.3, -0.25) is 4.79 Å². The van der Waals surface area contributed by atoms with Crippen LogP contribution in [0.3, 0.4) is 0 Å². The summed E-state index contributed by atoms with van der Waals surface area (Å²) in [6.07, 6.45) is -0.232. The minimum atomic E-state index is -1.03. The van der Waals surface area contributed by atoms with Crippen molar-refractivity contribution in [1.29, 1.82) is 0 Å². The molecule has 1 aromatic rings. The topological polar surface area (TPSA) is 57.5 Å². The predicted molar refractivity (Wildman–Crippen MR) is 63.1 cm³/mol. The van der Waals surface area contributed by atoms with Crippen LogP contribution >= 0.6 is 11.6 Å². The molecule has 0 aromatic heterocycles. The largest absolute Gasteiger partial charge is 0.504 e. The highest BCUT2D eigenvalue weighted by atomic mass is 35.5. The van der Waals surface area contributed by atoms with E-state index in [2.05, 4.69) is 0 Å². The van der Waals surface area contributed by atoms with E-state index in [-0.39, 0.29) is 17.0 Å². The third-order valence-corrected chi connectivity index (χ3v) is 3.16. The SMILES string of the molecule is Cc1cc(C(C)(C)CC(=O)O)c(F)c(O)c1Cl. The number of aromatic hydroxyl groups is 1. The van der Waals surface area contributed by atoms with Crippen LogP contribution in [0.25, 0.3) is 0 Å². The molecule has 0 atom stereocenters. The number of aryl methyl sites for hydroxylation is 1. The van der Waals surface area contributed by atoms with E-state index in [0.717, 1.165) is 0 Å². The lowest BCUT2D eigenvalue weighted by molar-refractivity contribution is -0.138. The first kappa shape index (κ1) is 13.8. The lowest BCUT2D eigenvalue weighted by atomic mass is 9.80. The van der Waals surface area contributed by atoms with Crippen molar-refractivity contribution in [3.05, 3.63) is 28.0 Å². The van der Waals surface area contributed by atoms with Crippen LogP contribution in [0.5, 0.6) is 5.75 Å². The van der Waals surface area contributed by atoms with Crippen molar-refractivity contribution in [2.75, 3.05) is 0 Å². The summed E-state index contributed by atoms with van der Waals surface area (Å²) < 4.78 is 13.9. The minimum Gasteiger partial charge on any atom is -0.504 e. The molecule has 0 bridgehead atoms. The van der Waals surface area contributed by atoms with Crippen LogP contribution in [-0.4, -0.2) is 16.2 Å². The Kier molecular flexibility index (Phi) is 3.67.